The summed E-state index contributed by atoms with van der Waals surface area (Å²) in [6.45, 7) is 1.98. The topological polar surface area (TPSA) is 94.8 Å². The lowest BCUT2D eigenvalue weighted by Gasteiger charge is -2.14. The van der Waals surface area contributed by atoms with E-state index < -0.39 is 11.9 Å². The van der Waals surface area contributed by atoms with Gasteiger partial charge in [0.15, 0.2) is 17.6 Å². The maximum absolute atomic E-state index is 14.4. The van der Waals surface area contributed by atoms with Crippen LogP contribution in [0, 0.1) is 5.82 Å². The van der Waals surface area contributed by atoms with E-state index in [1.165, 1.54) is 23.1 Å². The highest BCUT2D eigenvalue weighted by Gasteiger charge is 2.22. The second kappa shape index (κ2) is 10.2. The second-order valence-corrected chi connectivity index (χ2v) is 7.57. The first-order valence-electron chi connectivity index (χ1n) is 10.2. The van der Waals surface area contributed by atoms with Crippen LogP contribution >= 0.6 is 11.6 Å². The van der Waals surface area contributed by atoms with Crippen molar-refractivity contribution in [2.45, 2.75) is 25.9 Å². The number of pyridine rings is 1. The van der Waals surface area contributed by atoms with Gasteiger partial charge in [0.05, 0.1) is 6.20 Å². The van der Waals surface area contributed by atoms with E-state index >= 15 is 0 Å². The molecule has 0 saturated heterocycles. The number of hydrogen-bond donors (Lipinski definition) is 1. The molecule has 0 aliphatic carbocycles. The van der Waals surface area contributed by atoms with Crippen molar-refractivity contribution in [3.05, 3.63) is 83.4 Å². The number of nitrogens with zero attached hydrogens (tertiary/aromatic N) is 5. The molecule has 168 valence electrons. The van der Waals surface area contributed by atoms with Crippen LogP contribution in [-0.2, 0) is 11.3 Å². The molecular formula is C23H20ClFN6O2. The molecule has 0 bridgehead atoms. The van der Waals surface area contributed by atoms with E-state index in [2.05, 4.69) is 25.7 Å². The second-order valence-electron chi connectivity index (χ2n) is 7.14. The van der Waals surface area contributed by atoms with Gasteiger partial charge in [-0.05, 0) is 65.7 Å². The zero-order valence-corrected chi connectivity index (χ0v) is 18.4. The molecule has 0 fully saturated rings. The third-order valence-electron chi connectivity index (χ3n) is 4.82. The molecule has 4 rings (SSSR count). The van der Waals surface area contributed by atoms with Crippen molar-refractivity contribution in [1.29, 1.82) is 0 Å². The van der Waals surface area contributed by atoms with Crippen LogP contribution in [0.15, 0.2) is 67.0 Å². The van der Waals surface area contributed by atoms with Gasteiger partial charge in [0.2, 0.25) is 11.7 Å². The number of ether oxygens (including phenoxy) is 1. The monoisotopic (exact) mass is 466 g/mol. The number of halogens is 2. The van der Waals surface area contributed by atoms with Gasteiger partial charge in [0.1, 0.15) is 5.75 Å². The third-order valence-corrected chi connectivity index (χ3v) is 5.08. The first-order valence-corrected chi connectivity index (χ1v) is 10.6. The van der Waals surface area contributed by atoms with E-state index in [9.17, 15) is 9.18 Å². The quantitative estimate of drug-likeness (QED) is 0.408. The van der Waals surface area contributed by atoms with Crippen LogP contribution in [0.3, 0.4) is 0 Å². The maximum atomic E-state index is 14.4. The summed E-state index contributed by atoms with van der Waals surface area (Å²) >= 11 is 5.91. The molecule has 0 aliphatic heterocycles. The molecule has 1 unspecified atom stereocenters. The van der Waals surface area contributed by atoms with Gasteiger partial charge in [-0.1, -0.05) is 24.6 Å². The van der Waals surface area contributed by atoms with Crippen molar-refractivity contribution in [2.24, 2.45) is 0 Å². The Balaban J connectivity index is 1.39. The molecule has 8 nitrogen and oxygen atoms in total. The van der Waals surface area contributed by atoms with Crippen LogP contribution in [0.1, 0.15) is 24.9 Å². The summed E-state index contributed by atoms with van der Waals surface area (Å²) in [5.41, 5.74) is 1.33. The molecule has 0 aliphatic rings. The van der Waals surface area contributed by atoms with E-state index in [0.29, 0.717) is 28.6 Å². The molecule has 4 aromatic rings. The Morgan fingerprint density at radius 3 is 2.73 bits per heavy atom. The SMILES string of the molecule is CCC(C(=O)NCc1ccc(Oc2cccnc2)c(F)c1)n1nnc(-c2ccc(Cl)cc2)n1. The van der Waals surface area contributed by atoms with Crippen molar-refractivity contribution < 1.29 is 13.9 Å². The number of tetrazole rings is 1. The molecule has 1 atom stereocenters. The van der Waals surface area contributed by atoms with E-state index in [-0.39, 0.29) is 18.2 Å². The number of carbonyl (C=O) groups is 1. The van der Waals surface area contributed by atoms with Gasteiger partial charge >= 0.3 is 0 Å². The first-order chi connectivity index (χ1) is 16.0. The highest BCUT2D eigenvalue weighted by atomic mass is 35.5. The Kier molecular flexibility index (Phi) is 6.89. The number of rotatable bonds is 8. The first kappa shape index (κ1) is 22.3. The minimum atomic E-state index is -0.656. The van der Waals surface area contributed by atoms with E-state index in [1.54, 1.807) is 48.7 Å². The minimum absolute atomic E-state index is 0.0751. The highest BCUT2D eigenvalue weighted by molar-refractivity contribution is 6.30. The Labute approximate surface area is 194 Å². The molecule has 0 saturated carbocycles. The van der Waals surface area contributed by atoms with Crippen molar-refractivity contribution in [3.8, 4) is 22.9 Å². The molecule has 1 amide bonds. The maximum Gasteiger partial charge on any atom is 0.247 e. The number of amides is 1. The van der Waals surface area contributed by atoms with Gasteiger partial charge in [-0.25, -0.2) is 4.39 Å². The van der Waals surface area contributed by atoms with Crippen molar-refractivity contribution in [2.75, 3.05) is 0 Å². The molecule has 2 aromatic heterocycles. The molecule has 0 spiro atoms. The zero-order chi connectivity index (χ0) is 23.2. The van der Waals surface area contributed by atoms with Gasteiger partial charge in [-0.2, -0.15) is 4.80 Å². The van der Waals surface area contributed by atoms with Gasteiger partial charge in [-0.3, -0.25) is 9.78 Å². The molecule has 10 heteroatoms. The fourth-order valence-corrected chi connectivity index (χ4v) is 3.23. The summed E-state index contributed by atoms with van der Waals surface area (Å²) < 4.78 is 19.9. The summed E-state index contributed by atoms with van der Waals surface area (Å²) in [6, 6.07) is 14.3. The molecule has 0 radical (unpaired) electrons. The van der Waals surface area contributed by atoms with Crippen molar-refractivity contribution in [3.63, 3.8) is 0 Å². The summed E-state index contributed by atoms with van der Waals surface area (Å²) in [7, 11) is 0. The van der Waals surface area contributed by atoms with Gasteiger partial charge in [0, 0.05) is 23.3 Å². The lowest BCUT2D eigenvalue weighted by Crippen LogP contribution is -2.33. The average Bonchev–Trinajstić information content (AvgIpc) is 3.31. The number of carbonyl (C=O) groups excluding carboxylic acids is 1. The molecule has 33 heavy (non-hydrogen) atoms. The smallest absolute Gasteiger partial charge is 0.247 e. The Morgan fingerprint density at radius 1 is 1.21 bits per heavy atom. The zero-order valence-electron chi connectivity index (χ0n) is 17.7. The third kappa shape index (κ3) is 5.50. The fourth-order valence-electron chi connectivity index (χ4n) is 3.10. The van der Waals surface area contributed by atoms with Gasteiger partial charge < -0.3 is 10.1 Å². The highest BCUT2D eigenvalue weighted by Crippen LogP contribution is 2.24. The van der Waals surface area contributed by atoms with E-state index in [1.807, 2.05) is 6.92 Å². The summed E-state index contributed by atoms with van der Waals surface area (Å²) in [5, 5.41) is 15.8. The van der Waals surface area contributed by atoms with E-state index in [0.717, 1.165) is 5.56 Å². The Morgan fingerprint density at radius 2 is 2.03 bits per heavy atom. The number of aromatic nitrogens is 5. The number of benzene rings is 2. The predicted octanol–water partition coefficient (Wildman–Crippen LogP) is 4.59. The van der Waals surface area contributed by atoms with Crippen molar-refractivity contribution in [1.82, 2.24) is 30.5 Å². The van der Waals surface area contributed by atoms with Crippen LogP contribution in [0.2, 0.25) is 5.02 Å². The van der Waals surface area contributed by atoms with Gasteiger partial charge in [-0.15, -0.1) is 10.2 Å². The van der Waals surface area contributed by atoms with Crippen molar-refractivity contribution >= 4 is 17.5 Å². The number of nitrogens with one attached hydrogen (secondary N) is 1. The average molecular weight is 467 g/mol. The lowest BCUT2D eigenvalue weighted by molar-refractivity contribution is -0.125. The van der Waals surface area contributed by atoms with Crippen LogP contribution < -0.4 is 10.1 Å². The normalized spacial score (nSPS) is 11.7. The summed E-state index contributed by atoms with van der Waals surface area (Å²) in [6.07, 6.45) is 3.55. The summed E-state index contributed by atoms with van der Waals surface area (Å²) in [4.78, 5) is 18.0. The predicted molar refractivity (Wildman–Crippen MR) is 120 cm³/mol. The lowest BCUT2D eigenvalue weighted by atomic mass is 10.2. The summed E-state index contributed by atoms with van der Waals surface area (Å²) in [5.74, 6) is 0.0635. The molecule has 1 N–H and O–H groups in total. The Bertz CT molecular complexity index is 1230. The van der Waals surface area contributed by atoms with Crippen LogP contribution in [0.5, 0.6) is 11.5 Å². The minimum Gasteiger partial charge on any atom is -0.453 e. The van der Waals surface area contributed by atoms with E-state index in [4.69, 9.17) is 16.3 Å². The van der Waals surface area contributed by atoms with Crippen LogP contribution in [-0.4, -0.2) is 31.1 Å². The standard InChI is InChI=1S/C23H20ClFN6O2/c1-2-20(31-29-22(28-30-31)16-6-8-17(24)9-7-16)23(32)27-13-15-5-10-21(19(25)12-15)33-18-4-3-11-26-14-18/h3-12,14,20H,2,13H2,1H3,(H,27,32). The molecule has 2 heterocycles. The Hall–Kier alpha value is -3.85. The van der Waals surface area contributed by atoms with Crippen LogP contribution in [0.4, 0.5) is 4.39 Å². The largest absolute Gasteiger partial charge is 0.453 e. The van der Waals surface area contributed by atoms with Crippen LogP contribution in [0.25, 0.3) is 11.4 Å². The van der Waals surface area contributed by atoms with Gasteiger partial charge in [0.25, 0.3) is 0 Å². The fraction of sp³-hybridized carbons (Fsp3) is 0.174. The molecular weight excluding hydrogens is 447 g/mol. The molecule has 2 aromatic carbocycles. The number of hydrogen-bond acceptors (Lipinski definition) is 6.